The number of nitrogen functional groups attached to an aromatic ring is 1. The number of ether oxygens (including phenoxy) is 1. The zero-order chi connectivity index (χ0) is 17.4. The Morgan fingerprint density at radius 3 is 2.68 bits per heavy atom. The zero-order valence-corrected chi connectivity index (χ0v) is 14.6. The van der Waals surface area contributed by atoms with Gasteiger partial charge in [0.25, 0.3) is 0 Å². The summed E-state index contributed by atoms with van der Waals surface area (Å²) >= 11 is 12.4. The average Bonchev–Trinajstić information content (AvgIpc) is 2.64. The van der Waals surface area contributed by atoms with E-state index in [1.165, 1.54) is 0 Å². The lowest BCUT2D eigenvalue weighted by Crippen LogP contribution is -2.37. The van der Waals surface area contributed by atoms with E-state index in [0.717, 1.165) is 0 Å². The fourth-order valence-corrected chi connectivity index (χ4v) is 3.13. The van der Waals surface area contributed by atoms with E-state index >= 15 is 0 Å². The van der Waals surface area contributed by atoms with Crippen molar-refractivity contribution < 1.29 is 4.74 Å². The minimum atomic E-state index is 0.164. The Morgan fingerprint density at radius 2 is 1.88 bits per heavy atom. The third-order valence-electron chi connectivity index (χ3n) is 3.94. The van der Waals surface area contributed by atoms with Gasteiger partial charge in [0.05, 0.1) is 35.1 Å². The molecule has 0 unspecified atom stereocenters. The third kappa shape index (κ3) is 3.06. The second-order valence-electron chi connectivity index (χ2n) is 5.53. The Labute approximate surface area is 153 Å². The highest BCUT2D eigenvalue weighted by Crippen LogP contribution is 2.33. The van der Waals surface area contributed by atoms with Crippen LogP contribution in [0.15, 0.2) is 24.4 Å². The van der Waals surface area contributed by atoms with E-state index in [4.69, 9.17) is 38.7 Å². The van der Waals surface area contributed by atoms with Gasteiger partial charge in [-0.2, -0.15) is 9.97 Å². The van der Waals surface area contributed by atoms with E-state index in [-0.39, 0.29) is 5.95 Å². The summed E-state index contributed by atoms with van der Waals surface area (Å²) in [5, 5.41) is 0.894. The van der Waals surface area contributed by atoms with Gasteiger partial charge in [0, 0.05) is 18.7 Å². The first-order valence-electron chi connectivity index (χ1n) is 7.71. The van der Waals surface area contributed by atoms with Gasteiger partial charge in [-0.05, 0) is 6.07 Å². The van der Waals surface area contributed by atoms with Gasteiger partial charge in [0.15, 0.2) is 17.0 Å². The molecule has 7 nitrogen and oxygen atoms in total. The number of fused-ring (bicyclic) bond motifs is 1. The molecular formula is C16H14Cl2N6O. The molecule has 0 saturated carbocycles. The molecule has 2 N–H and O–H groups in total. The molecule has 1 aliphatic rings. The van der Waals surface area contributed by atoms with E-state index in [1.54, 1.807) is 12.3 Å². The molecule has 0 aliphatic carbocycles. The first kappa shape index (κ1) is 16.3. The summed E-state index contributed by atoms with van der Waals surface area (Å²) in [4.78, 5) is 19.7. The molecule has 0 radical (unpaired) electrons. The molecule has 4 rings (SSSR count). The number of hydrogen-bond donors (Lipinski definition) is 1. The summed E-state index contributed by atoms with van der Waals surface area (Å²) in [5.41, 5.74) is 8.15. The molecule has 3 aromatic rings. The molecule has 25 heavy (non-hydrogen) atoms. The van der Waals surface area contributed by atoms with Crippen molar-refractivity contribution in [2.24, 2.45) is 0 Å². The predicted octanol–water partition coefficient (Wildman–Crippen LogP) is 2.81. The molecule has 128 valence electrons. The minimum Gasteiger partial charge on any atom is -0.378 e. The van der Waals surface area contributed by atoms with Crippen LogP contribution in [0.3, 0.4) is 0 Å². The molecule has 0 atom stereocenters. The van der Waals surface area contributed by atoms with Crippen LogP contribution in [0, 0.1) is 0 Å². The Balaban J connectivity index is 1.89. The van der Waals surface area contributed by atoms with Gasteiger partial charge in [-0.15, -0.1) is 0 Å². The normalized spacial score (nSPS) is 14.9. The number of nitrogens with zero attached hydrogens (tertiary/aromatic N) is 5. The minimum absolute atomic E-state index is 0.164. The summed E-state index contributed by atoms with van der Waals surface area (Å²) in [6.45, 7) is 2.65. The summed E-state index contributed by atoms with van der Waals surface area (Å²) < 4.78 is 5.40. The van der Waals surface area contributed by atoms with Crippen LogP contribution >= 0.6 is 23.2 Å². The van der Waals surface area contributed by atoms with Crippen molar-refractivity contribution in [2.45, 2.75) is 0 Å². The number of hydrogen-bond acceptors (Lipinski definition) is 7. The zero-order valence-electron chi connectivity index (χ0n) is 13.1. The highest BCUT2D eigenvalue weighted by Gasteiger charge is 2.19. The van der Waals surface area contributed by atoms with E-state index in [0.29, 0.717) is 64.6 Å². The highest BCUT2D eigenvalue weighted by atomic mass is 35.5. The number of aromatic nitrogens is 4. The Hall–Kier alpha value is -2.22. The van der Waals surface area contributed by atoms with Gasteiger partial charge in [-0.3, -0.25) is 0 Å². The summed E-state index contributed by atoms with van der Waals surface area (Å²) in [7, 11) is 0. The molecule has 1 fully saturated rings. The third-order valence-corrected chi connectivity index (χ3v) is 4.76. The van der Waals surface area contributed by atoms with Crippen molar-refractivity contribution in [3.8, 4) is 11.3 Å². The second kappa shape index (κ2) is 6.59. The van der Waals surface area contributed by atoms with Crippen LogP contribution in [0.1, 0.15) is 0 Å². The summed E-state index contributed by atoms with van der Waals surface area (Å²) in [5.74, 6) is 0.815. The molecule has 9 heteroatoms. The largest absolute Gasteiger partial charge is 0.378 e. The van der Waals surface area contributed by atoms with Crippen molar-refractivity contribution in [2.75, 3.05) is 36.9 Å². The van der Waals surface area contributed by atoms with E-state index in [2.05, 4.69) is 19.9 Å². The van der Waals surface area contributed by atoms with Crippen LogP contribution in [0.25, 0.3) is 22.4 Å². The van der Waals surface area contributed by atoms with Gasteiger partial charge in [0.1, 0.15) is 0 Å². The van der Waals surface area contributed by atoms with Crippen molar-refractivity contribution in [3.63, 3.8) is 0 Å². The lowest BCUT2D eigenvalue weighted by Gasteiger charge is -2.28. The van der Waals surface area contributed by atoms with Crippen molar-refractivity contribution in [1.29, 1.82) is 0 Å². The van der Waals surface area contributed by atoms with Gasteiger partial charge < -0.3 is 15.4 Å². The molecule has 0 amide bonds. The summed E-state index contributed by atoms with van der Waals surface area (Å²) in [6.07, 6.45) is 1.61. The van der Waals surface area contributed by atoms with Crippen LogP contribution in [-0.4, -0.2) is 46.2 Å². The number of benzene rings is 1. The number of rotatable bonds is 2. The van der Waals surface area contributed by atoms with Gasteiger partial charge in [-0.1, -0.05) is 35.3 Å². The topological polar surface area (TPSA) is 90.0 Å². The Bertz CT molecular complexity index is 945. The molecule has 0 bridgehead atoms. The van der Waals surface area contributed by atoms with Crippen LogP contribution in [0.2, 0.25) is 10.0 Å². The number of nitrogens with two attached hydrogens (primary N) is 1. The van der Waals surface area contributed by atoms with Crippen LogP contribution in [0.4, 0.5) is 11.8 Å². The maximum Gasteiger partial charge on any atom is 0.224 e. The smallest absolute Gasteiger partial charge is 0.224 e. The lowest BCUT2D eigenvalue weighted by molar-refractivity contribution is 0.122. The molecule has 1 aliphatic heterocycles. The van der Waals surface area contributed by atoms with Gasteiger partial charge in [0.2, 0.25) is 5.95 Å². The van der Waals surface area contributed by atoms with Crippen LogP contribution in [-0.2, 0) is 4.74 Å². The molecule has 2 aromatic heterocycles. The van der Waals surface area contributed by atoms with Gasteiger partial charge in [-0.25, -0.2) is 9.97 Å². The first-order chi connectivity index (χ1) is 12.1. The van der Waals surface area contributed by atoms with Crippen molar-refractivity contribution in [3.05, 3.63) is 34.4 Å². The molecular weight excluding hydrogens is 363 g/mol. The highest BCUT2D eigenvalue weighted by molar-refractivity contribution is 6.43. The Morgan fingerprint density at radius 1 is 1.08 bits per heavy atom. The van der Waals surface area contributed by atoms with E-state index in [1.807, 2.05) is 12.1 Å². The maximum atomic E-state index is 6.31. The predicted molar refractivity (Wildman–Crippen MR) is 98.0 cm³/mol. The lowest BCUT2D eigenvalue weighted by atomic mass is 10.1. The second-order valence-corrected chi connectivity index (χ2v) is 6.32. The molecule has 0 spiro atoms. The van der Waals surface area contributed by atoms with E-state index < -0.39 is 0 Å². The Kier molecular flexibility index (Phi) is 4.29. The summed E-state index contributed by atoms with van der Waals surface area (Å²) in [6, 6.07) is 5.39. The van der Waals surface area contributed by atoms with Gasteiger partial charge >= 0.3 is 0 Å². The molecule has 1 aromatic carbocycles. The fraction of sp³-hybridized carbons (Fsp3) is 0.250. The van der Waals surface area contributed by atoms with Crippen LogP contribution < -0.4 is 10.6 Å². The first-order valence-corrected chi connectivity index (χ1v) is 8.46. The molecule has 1 saturated heterocycles. The monoisotopic (exact) mass is 376 g/mol. The standard InChI is InChI=1S/C16H14Cl2N6O/c17-10-3-1-2-9(12(10)18)11-8-20-14-13(21-11)15(23-16(19)22-14)24-4-6-25-7-5-24/h1-3,8H,4-7H2,(H2,19,20,22,23). The number of morpholine rings is 1. The SMILES string of the molecule is Nc1nc(N2CCOCC2)c2nc(-c3cccc(Cl)c3Cl)cnc2n1. The molecule has 3 heterocycles. The number of anilines is 2. The van der Waals surface area contributed by atoms with E-state index in [9.17, 15) is 0 Å². The maximum absolute atomic E-state index is 6.31. The quantitative estimate of drug-likeness (QED) is 0.734. The van der Waals surface area contributed by atoms with Crippen LogP contribution in [0.5, 0.6) is 0 Å². The average molecular weight is 377 g/mol. The van der Waals surface area contributed by atoms with Crippen molar-refractivity contribution in [1.82, 2.24) is 19.9 Å². The van der Waals surface area contributed by atoms with Crippen molar-refractivity contribution >= 4 is 46.1 Å². The number of halogens is 2. The fourth-order valence-electron chi connectivity index (χ4n) is 2.74.